The van der Waals surface area contributed by atoms with Gasteiger partial charge in [-0.25, -0.2) is 9.18 Å². The maximum absolute atomic E-state index is 13.9. The lowest BCUT2D eigenvalue weighted by atomic mass is 9.83. The van der Waals surface area contributed by atoms with E-state index in [1.807, 2.05) is 37.3 Å². The van der Waals surface area contributed by atoms with Gasteiger partial charge in [0, 0.05) is 17.2 Å². The number of hydrogen-bond acceptors (Lipinski definition) is 7. The smallest absolute Gasteiger partial charge is 0.349 e. The van der Waals surface area contributed by atoms with Gasteiger partial charge < -0.3 is 24.7 Å². The number of benzene rings is 4. The second kappa shape index (κ2) is 11.6. The summed E-state index contributed by atoms with van der Waals surface area (Å²) in [4.78, 5) is 12.4. The number of nitriles is 1. The molecule has 0 saturated heterocycles. The molecule has 0 fully saturated rings. The van der Waals surface area contributed by atoms with Crippen molar-refractivity contribution in [3.8, 4) is 29.1 Å². The van der Waals surface area contributed by atoms with Crippen molar-refractivity contribution in [1.82, 2.24) is 0 Å². The third kappa shape index (κ3) is 5.89. The molecule has 4 aromatic rings. The van der Waals surface area contributed by atoms with Crippen LogP contribution in [0.3, 0.4) is 0 Å². The molecule has 0 spiro atoms. The van der Waals surface area contributed by atoms with E-state index in [1.165, 1.54) is 6.07 Å². The zero-order valence-corrected chi connectivity index (χ0v) is 21.6. The average molecular weight is 537 g/mol. The molecular weight excluding hydrogens is 511 g/mol. The van der Waals surface area contributed by atoms with E-state index >= 15 is 0 Å². The highest BCUT2D eigenvalue weighted by Gasteiger charge is 2.31. The van der Waals surface area contributed by atoms with Crippen molar-refractivity contribution in [2.24, 2.45) is 5.73 Å². The molecule has 1 atom stereocenters. The summed E-state index contributed by atoms with van der Waals surface area (Å²) in [5, 5.41) is 9.84. The molecule has 1 unspecified atom stereocenters. The Morgan fingerprint density at radius 1 is 0.950 bits per heavy atom. The lowest BCUT2D eigenvalue weighted by molar-refractivity contribution is -0.136. The number of nitrogens with two attached hydrogens (primary N) is 1. The number of allylic oxidation sites excluding steroid dienone is 1. The Hall–Kier alpha value is -5.29. The van der Waals surface area contributed by atoms with Gasteiger partial charge in [-0.3, -0.25) is 0 Å². The SMILES string of the molecule is Cc1cccc(OCC(=O)Oc2ccc3c(c2)OC(N)=C(C#N)C3c2ccc(OCc3ccccc3F)cc2)c1. The van der Waals surface area contributed by atoms with Gasteiger partial charge in [0.05, 0.1) is 5.92 Å². The Labute approximate surface area is 230 Å². The second-order valence-electron chi connectivity index (χ2n) is 9.15. The minimum Gasteiger partial charge on any atom is -0.489 e. The van der Waals surface area contributed by atoms with Gasteiger partial charge >= 0.3 is 5.97 Å². The van der Waals surface area contributed by atoms with Gasteiger partial charge in [0.1, 0.15) is 47.1 Å². The molecular formula is C32H25FN2O5. The predicted octanol–water partition coefficient (Wildman–Crippen LogP) is 5.92. The van der Waals surface area contributed by atoms with Crippen LogP contribution in [0.25, 0.3) is 0 Å². The first kappa shape index (κ1) is 26.3. The summed E-state index contributed by atoms with van der Waals surface area (Å²) in [5.74, 6) is 0.271. The Balaban J connectivity index is 1.31. The molecule has 1 heterocycles. The standard InChI is InChI=1S/C32H25FN2O5/c1-20-5-4-7-24(15-20)38-19-30(36)39-25-13-14-26-29(16-25)40-32(35)27(17-34)31(26)21-9-11-23(12-10-21)37-18-22-6-2-3-8-28(22)33/h2-16,31H,18-19,35H2,1H3. The van der Waals surface area contributed by atoms with Gasteiger partial charge in [-0.05, 0) is 54.4 Å². The fourth-order valence-electron chi connectivity index (χ4n) is 4.38. The van der Waals surface area contributed by atoms with Crippen LogP contribution >= 0.6 is 0 Å². The molecule has 7 nitrogen and oxygen atoms in total. The Morgan fingerprint density at radius 2 is 1.73 bits per heavy atom. The van der Waals surface area contributed by atoms with Crippen molar-refractivity contribution in [3.05, 3.63) is 131 Å². The number of nitrogens with zero attached hydrogens (tertiary/aromatic N) is 1. The van der Waals surface area contributed by atoms with Gasteiger partial charge in [0.25, 0.3) is 0 Å². The Morgan fingerprint density at radius 3 is 2.48 bits per heavy atom. The molecule has 1 aliphatic heterocycles. The average Bonchev–Trinajstić information content (AvgIpc) is 2.95. The highest BCUT2D eigenvalue weighted by Crippen LogP contribution is 2.43. The fourth-order valence-corrected chi connectivity index (χ4v) is 4.38. The summed E-state index contributed by atoms with van der Waals surface area (Å²) in [6.07, 6.45) is 0. The minimum atomic E-state index is -0.582. The number of hydrogen-bond donors (Lipinski definition) is 1. The van der Waals surface area contributed by atoms with Gasteiger partial charge in [-0.1, -0.05) is 48.5 Å². The normalized spacial score (nSPS) is 14.0. The number of esters is 1. The van der Waals surface area contributed by atoms with Gasteiger partial charge in [0.2, 0.25) is 5.88 Å². The summed E-state index contributed by atoms with van der Waals surface area (Å²) >= 11 is 0. The molecule has 0 bridgehead atoms. The van der Waals surface area contributed by atoms with Crippen LogP contribution in [0.15, 0.2) is 102 Å². The molecule has 4 aromatic carbocycles. The van der Waals surface area contributed by atoms with Crippen LogP contribution in [-0.4, -0.2) is 12.6 Å². The zero-order valence-electron chi connectivity index (χ0n) is 21.6. The topological polar surface area (TPSA) is 104 Å². The van der Waals surface area contributed by atoms with E-state index in [9.17, 15) is 14.4 Å². The predicted molar refractivity (Wildman–Crippen MR) is 145 cm³/mol. The summed E-state index contributed by atoms with van der Waals surface area (Å²) in [6, 6.07) is 28.0. The van der Waals surface area contributed by atoms with Gasteiger partial charge in [-0.2, -0.15) is 5.26 Å². The number of halogens is 1. The summed E-state index contributed by atoms with van der Waals surface area (Å²) in [7, 11) is 0. The highest BCUT2D eigenvalue weighted by molar-refractivity contribution is 5.74. The molecule has 0 aromatic heterocycles. The first-order chi connectivity index (χ1) is 19.4. The Kier molecular flexibility index (Phi) is 7.65. The summed E-state index contributed by atoms with van der Waals surface area (Å²) in [6.45, 7) is 1.75. The zero-order chi connectivity index (χ0) is 28.1. The monoisotopic (exact) mass is 536 g/mol. The van der Waals surface area contributed by atoms with E-state index in [1.54, 1.807) is 54.6 Å². The fraction of sp³-hybridized carbons (Fsp3) is 0.125. The van der Waals surface area contributed by atoms with E-state index < -0.39 is 11.9 Å². The lowest BCUT2D eigenvalue weighted by Gasteiger charge is -2.26. The van der Waals surface area contributed by atoms with Crippen molar-refractivity contribution < 1.29 is 28.1 Å². The number of carbonyl (C=O) groups is 1. The van der Waals surface area contributed by atoms with Crippen LogP contribution in [0.5, 0.6) is 23.0 Å². The van der Waals surface area contributed by atoms with Crippen LogP contribution in [-0.2, 0) is 11.4 Å². The Bertz CT molecular complexity index is 1630. The van der Waals surface area contributed by atoms with E-state index in [0.29, 0.717) is 28.4 Å². The van der Waals surface area contributed by atoms with E-state index in [2.05, 4.69) is 6.07 Å². The first-order valence-electron chi connectivity index (χ1n) is 12.5. The van der Waals surface area contributed by atoms with Crippen molar-refractivity contribution >= 4 is 5.97 Å². The van der Waals surface area contributed by atoms with E-state index in [-0.39, 0.29) is 36.2 Å². The molecule has 0 saturated carbocycles. The van der Waals surface area contributed by atoms with Crippen molar-refractivity contribution in [2.75, 3.05) is 6.61 Å². The number of fused-ring (bicyclic) bond motifs is 1. The quantitative estimate of drug-likeness (QED) is 0.220. The minimum absolute atomic E-state index is 0.0360. The second-order valence-corrected chi connectivity index (χ2v) is 9.15. The molecule has 0 amide bonds. The number of rotatable bonds is 8. The molecule has 0 radical (unpaired) electrons. The molecule has 0 aliphatic carbocycles. The van der Waals surface area contributed by atoms with Crippen LogP contribution in [0.4, 0.5) is 4.39 Å². The first-order valence-corrected chi connectivity index (χ1v) is 12.5. The van der Waals surface area contributed by atoms with Crippen molar-refractivity contribution in [3.63, 3.8) is 0 Å². The van der Waals surface area contributed by atoms with Crippen LogP contribution < -0.4 is 24.7 Å². The van der Waals surface area contributed by atoms with E-state index in [4.69, 9.17) is 24.7 Å². The van der Waals surface area contributed by atoms with E-state index in [0.717, 1.165) is 11.1 Å². The van der Waals surface area contributed by atoms with Crippen LogP contribution in [0, 0.1) is 24.1 Å². The highest BCUT2D eigenvalue weighted by atomic mass is 19.1. The molecule has 1 aliphatic rings. The van der Waals surface area contributed by atoms with Gasteiger partial charge in [-0.15, -0.1) is 0 Å². The van der Waals surface area contributed by atoms with Gasteiger partial charge in [0.15, 0.2) is 6.61 Å². The third-order valence-electron chi connectivity index (χ3n) is 6.33. The summed E-state index contributed by atoms with van der Waals surface area (Å²) in [5.41, 5.74) is 9.29. The maximum Gasteiger partial charge on any atom is 0.349 e. The summed E-state index contributed by atoms with van der Waals surface area (Å²) < 4.78 is 36.3. The molecule has 5 rings (SSSR count). The number of ether oxygens (including phenoxy) is 4. The lowest BCUT2D eigenvalue weighted by Crippen LogP contribution is -2.21. The number of aryl methyl sites for hydroxylation is 1. The maximum atomic E-state index is 13.9. The molecule has 40 heavy (non-hydrogen) atoms. The van der Waals surface area contributed by atoms with Crippen molar-refractivity contribution in [1.29, 1.82) is 5.26 Å². The molecule has 2 N–H and O–H groups in total. The van der Waals surface area contributed by atoms with Crippen molar-refractivity contribution in [2.45, 2.75) is 19.4 Å². The van der Waals surface area contributed by atoms with Crippen LogP contribution in [0.2, 0.25) is 0 Å². The molecule has 8 heteroatoms. The molecule has 200 valence electrons. The van der Waals surface area contributed by atoms with Crippen LogP contribution in [0.1, 0.15) is 28.2 Å². The third-order valence-corrected chi connectivity index (χ3v) is 6.33. The largest absolute Gasteiger partial charge is 0.489 e. The number of carbonyl (C=O) groups excluding carboxylic acids is 1.